The van der Waals surface area contributed by atoms with Gasteiger partial charge >= 0.3 is 0 Å². The Hall–Kier alpha value is -11.3. The van der Waals surface area contributed by atoms with E-state index < -0.39 is 14.1 Å². The Kier molecular flexibility index (Phi) is 23.4. The molecule has 0 fully saturated rings. The normalized spacial score (nSPS) is 12.0. The molecule has 0 atom stereocenters. The molecule has 0 unspecified atom stereocenters. The number of hydrogen-bond donors (Lipinski definition) is 0. The van der Waals surface area contributed by atoms with Gasteiger partial charge in [-0.2, -0.15) is 0 Å². The van der Waals surface area contributed by atoms with E-state index in [1.165, 1.54) is 11.1 Å². The Morgan fingerprint density at radius 1 is 0.231 bits per heavy atom. The molecule has 14 aromatic carbocycles. The summed E-state index contributed by atoms with van der Waals surface area (Å²) in [4.78, 5) is 0. The largest absolute Gasteiger partial charge is 0.488 e. The fourth-order valence-electron chi connectivity index (χ4n) is 15.1. The lowest BCUT2D eigenvalue weighted by Crippen LogP contribution is -2.27. The van der Waals surface area contributed by atoms with Crippen molar-refractivity contribution in [1.82, 2.24) is 0 Å². The van der Waals surface area contributed by atoms with E-state index in [2.05, 4.69) is 366 Å². The SMILES string of the molecule is CCCCc1ccc(N=P(c2ccccc2)(c2ccccc2)c2cc3c(OCc4ccccc4)c(c2)Cc2cccc(c2OCc2ccccc2)Cc2cc(P(=Nc4ccc(CCCC)cc4)(c4ccccc4)c4ccccc4)cc(c2OCc2ccccc2)Cc2cccc(c2OCc2ccccc2)C3)cc1. The van der Waals surface area contributed by atoms with Gasteiger partial charge in [0.05, 0.1) is 25.5 Å². The quantitative estimate of drug-likeness (QED) is 0.0507. The molecule has 0 radical (unpaired) electrons. The average Bonchev–Trinajstić information content (AvgIpc) is 0.741. The van der Waals surface area contributed by atoms with Crippen LogP contribution < -0.4 is 50.8 Å². The lowest BCUT2D eigenvalue weighted by molar-refractivity contribution is 0.293. The van der Waals surface area contributed by atoms with E-state index in [-0.39, 0.29) is 0 Å². The summed E-state index contributed by atoms with van der Waals surface area (Å²) in [5, 5.41) is 6.82. The Balaban J connectivity index is 1.04. The van der Waals surface area contributed by atoms with Crippen LogP contribution in [0.15, 0.2) is 361 Å². The van der Waals surface area contributed by atoms with Crippen molar-refractivity contribution in [3.8, 4) is 23.0 Å². The zero-order chi connectivity index (χ0) is 73.2. The minimum atomic E-state index is -3.00. The minimum Gasteiger partial charge on any atom is -0.488 e. The van der Waals surface area contributed by atoms with Crippen LogP contribution in [0.2, 0.25) is 0 Å². The van der Waals surface area contributed by atoms with Crippen molar-refractivity contribution < 1.29 is 18.9 Å². The number of rotatable bonds is 26. The summed E-state index contributed by atoms with van der Waals surface area (Å²) in [5.74, 6) is 3.27. The maximum Gasteiger partial charge on any atom is 0.126 e. The summed E-state index contributed by atoms with van der Waals surface area (Å²) in [6.07, 6.45) is 8.36. The van der Waals surface area contributed by atoms with E-state index >= 15 is 0 Å². The Bertz CT molecular complexity index is 4880. The van der Waals surface area contributed by atoms with Crippen LogP contribution in [-0.4, -0.2) is 0 Å². The number of ether oxygens (including phenoxy) is 4. The van der Waals surface area contributed by atoms with Gasteiger partial charge in [-0.1, -0.05) is 330 Å². The third-order valence-electron chi connectivity index (χ3n) is 20.5. The molecule has 0 saturated heterocycles. The molecule has 0 aromatic heterocycles. The van der Waals surface area contributed by atoms with Gasteiger partial charge in [-0.05, 0) is 152 Å². The Labute approximate surface area is 638 Å². The summed E-state index contributed by atoms with van der Waals surface area (Å²) in [7, 11) is -6.00. The van der Waals surface area contributed by atoms with E-state index in [4.69, 9.17) is 28.4 Å². The van der Waals surface area contributed by atoms with Crippen molar-refractivity contribution >= 4 is 57.3 Å². The third-order valence-corrected chi connectivity index (χ3v) is 27.8. The molecule has 1 aliphatic rings. The number of para-hydroxylation sites is 2. The van der Waals surface area contributed by atoms with Crippen LogP contribution in [0.25, 0.3) is 0 Å². The monoisotopic (exact) mass is 1450 g/mol. The van der Waals surface area contributed by atoms with Crippen molar-refractivity contribution in [3.63, 3.8) is 0 Å². The first kappa shape index (κ1) is 72.3. The molecule has 0 saturated carbocycles. The highest BCUT2D eigenvalue weighted by molar-refractivity contribution is 7.88. The highest BCUT2D eigenvalue weighted by atomic mass is 31.2. The predicted molar refractivity (Wildman–Crippen MR) is 452 cm³/mol. The molecule has 14 aromatic rings. The fraction of sp³-hybridized carbons (Fsp3) is 0.160. The zero-order valence-electron chi connectivity index (χ0n) is 61.8. The number of hydrogen-bond acceptors (Lipinski definition) is 6. The summed E-state index contributed by atoms with van der Waals surface area (Å²) in [5.41, 5.74) is 17.0. The average molecular weight is 1450 g/mol. The molecule has 0 aliphatic heterocycles. The number of unbranched alkanes of at least 4 members (excludes halogenated alkanes) is 2. The van der Waals surface area contributed by atoms with Crippen molar-refractivity contribution in [2.75, 3.05) is 0 Å². The van der Waals surface area contributed by atoms with Crippen LogP contribution in [0.3, 0.4) is 0 Å². The van der Waals surface area contributed by atoms with E-state index in [1.807, 2.05) is 0 Å². The lowest BCUT2D eigenvalue weighted by Gasteiger charge is -2.30. The maximum atomic E-state index is 7.60. The van der Waals surface area contributed by atoms with Crippen LogP contribution in [-0.2, 0) is 65.0 Å². The van der Waals surface area contributed by atoms with Crippen LogP contribution >= 0.6 is 14.1 Å². The molecule has 6 nitrogen and oxygen atoms in total. The third kappa shape index (κ3) is 16.8. The van der Waals surface area contributed by atoms with Gasteiger partial charge in [-0.15, -0.1) is 0 Å². The van der Waals surface area contributed by atoms with Crippen LogP contribution in [0.1, 0.15) is 117 Å². The Morgan fingerprint density at radius 3 is 0.704 bits per heavy atom. The second-order valence-electron chi connectivity index (χ2n) is 28.2. The van der Waals surface area contributed by atoms with Crippen LogP contribution in [0.5, 0.6) is 23.0 Å². The van der Waals surface area contributed by atoms with Crippen molar-refractivity contribution in [3.05, 3.63) is 430 Å². The van der Waals surface area contributed by atoms with Gasteiger partial charge in [-0.3, -0.25) is 9.49 Å². The molecule has 108 heavy (non-hydrogen) atoms. The van der Waals surface area contributed by atoms with Crippen molar-refractivity contribution in [2.45, 2.75) is 104 Å². The van der Waals surface area contributed by atoms with Gasteiger partial charge in [0.2, 0.25) is 0 Å². The van der Waals surface area contributed by atoms with Crippen molar-refractivity contribution in [1.29, 1.82) is 0 Å². The number of nitrogens with zero attached hydrogens (tertiary/aromatic N) is 2. The predicted octanol–water partition coefficient (Wildman–Crippen LogP) is 23.0. The summed E-state index contributed by atoms with van der Waals surface area (Å²) >= 11 is 0. The molecule has 8 bridgehead atoms. The van der Waals surface area contributed by atoms with E-state index in [1.54, 1.807) is 0 Å². The fourth-order valence-corrected chi connectivity index (χ4v) is 22.3. The first-order valence-electron chi connectivity index (χ1n) is 38.2. The second-order valence-corrected chi connectivity index (χ2v) is 34.2. The lowest BCUT2D eigenvalue weighted by atomic mass is 9.91. The molecule has 0 N–H and O–H groups in total. The van der Waals surface area contributed by atoms with Gasteiger partial charge < -0.3 is 18.9 Å². The van der Waals surface area contributed by atoms with E-state index in [0.29, 0.717) is 52.1 Å². The van der Waals surface area contributed by atoms with Gasteiger partial charge in [-0.25, -0.2) is 0 Å². The number of aryl methyl sites for hydroxylation is 2. The number of benzene rings is 14. The van der Waals surface area contributed by atoms with Crippen molar-refractivity contribution in [2.24, 2.45) is 9.49 Å². The minimum absolute atomic E-state index is 0.343. The zero-order valence-corrected chi connectivity index (χ0v) is 63.6. The molecule has 0 heterocycles. The summed E-state index contributed by atoms with van der Waals surface area (Å²) in [6.45, 7) is 5.89. The maximum absolute atomic E-state index is 7.60. The first-order valence-corrected chi connectivity index (χ1v) is 41.7. The summed E-state index contributed by atoms with van der Waals surface area (Å²) < 4.78 is 42.8. The van der Waals surface area contributed by atoms with E-state index in [9.17, 15) is 0 Å². The van der Waals surface area contributed by atoms with E-state index in [0.717, 1.165) is 171 Å². The molecular weight excluding hydrogens is 1360 g/mol. The number of fused-ring (bicyclic) bond motifs is 8. The topological polar surface area (TPSA) is 61.6 Å². The van der Waals surface area contributed by atoms with Gasteiger partial charge in [0, 0.05) is 57.5 Å². The molecule has 0 amide bonds. The molecule has 0 spiro atoms. The summed E-state index contributed by atoms with van der Waals surface area (Å²) in [6, 6.07) is 128. The van der Waals surface area contributed by atoms with Gasteiger partial charge in [0.25, 0.3) is 0 Å². The highest BCUT2D eigenvalue weighted by Gasteiger charge is 2.34. The standard InChI is InChI=1S/C100H92N2O4P2/c1-3-5-33-75-55-59-89(60-56-75)101-107(91-47-23-11-24-48-91,92-49-25-12-26-50-92)95-67-85-63-81-43-31-45-83(97(81)103-71-77-35-15-7-16-36-77)65-87-69-96(108(93-51-27-13-28-52-93,94-53-29-14-30-54-94)102-90-61-57-76(58-62-90)34-6-4-2)70-88(100(87)106-74-80-41-21-10-22-42-80)66-84-46-32-44-82(98(84)104-72-78-37-17-8-18-38-78)64-86(68-95)99(85)105-73-79-39-19-9-20-40-79/h7-32,35-62,67-70H,3-6,33-34,63-66,71-74H2,1-2H3. The van der Waals surface area contributed by atoms with Gasteiger partial charge in [0.15, 0.2) is 0 Å². The molecule has 536 valence electrons. The molecular formula is C100H92N2O4P2. The van der Waals surface area contributed by atoms with Crippen LogP contribution in [0.4, 0.5) is 11.4 Å². The molecule has 8 heteroatoms. The second kappa shape index (κ2) is 35.0. The highest BCUT2D eigenvalue weighted by Crippen LogP contribution is 2.53. The first-order chi connectivity index (χ1) is 53.4. The Morgan fingerprint density at radius 2 is 0.463 bits per heavy atom. The molecule has 15 rings (SSSR count). The molecule has 1 aliphatic carbocycles. The van der Waals surface area contributed by atoms with Gasteiger partial charge in [0.1, 0.15) is 49.4 Å². The smallest absolute Gasteiger partial charge is 0.126 e. The van der Waals surface area contributed by atoms with Crippen LogP contribution in [0, 0.1) is 0 Å².